The molecule has 5 nitrogen and oxygen atoms in total. The number of nitro benzene ring substituents is 1. The van der Waals surface area contributed by atoms with Gasteiger partial charge in [-0.1, -0.05) is 6.07 Å². The maximum absolute atomic E-state index is 10.5. The first-order valence-corrected chi connectivity index (χ1v) is 3.90. The number of aromatic hydroxyl groups is 1. The van der Waals surface area contributed by atoms with Crippen molar-refractivity contribution in [1.82, 2.24) is 4.98 Å². The third-order valence-corrected chi connectivity index (χ3v) is 1.90. The molecule has 2 rings (SSSR count). The predicted octanol–water partition coefficient (Wildman–Crippen LogP) is 1.85. The van der Waals surface area contributed by atoms with E-state index in [0.29, 0.717) is 10.9 Å². The van der Waals surface area contributed by atoms with E-state index in [1.165, 1.54) is 12.1 Å². The molecule has 0 spiro atoms. The second-order valence-corrected chi connectivity index (χ2v) is 2.79. The van der Waals surface area contributed by atoms with Crippen LogP contribution in [0.3, 0.4) is 0 Å². The maximum atomic E-state index is 10.5. The number of phenolic OH excluding ortho intramolecular Hbond substituents is 1. The van der Waals surface area contributed by atoms with Gasteiger partial charge in [-0.15, -0.1) is 0 Å². The molecule has 0 atom stereocenters. The third kappa shape index (κ3) is 1.24. The largest absolute Gasteiger partial charge is 0.502 e. The number of pyridine rings is 1. The summed E-state index contributed by atoms with van der Waals surface area (Å²) in [5.74, 6) is -0.337. The molecule has 70 valence electrons. The van der Waals surface area contributed by atoms with Gasteiger partial charge in [0.15, 0.2) is 5.75 Å². The first-order chi connectivity index (χ1) is 6.68. The molecule has 1 heterocycles. The number of hydrogen-bond acceptors (Lipinski definition) is 4. The Morgan fingerprint density at radius 2 is 2.21 bits per heavy atom. The van der Waals surface area contributed by atoms with Crippen LogP contribution >= 0.6 is 0 Å². The van der Waals surface area contributed by atoms with Gasteiger partial charge in [-0.25, -0.2) is 0 Å². The van der Waals surface area contributed by atoms with Crippen LogP contribution in [0.15, 0.2) is 30.5 Å². The molecule has 0 aliphatic carbocycles. The van der Waals surface area contributed by atoms with Crippen LogP contribution in [-0.2, 0) is 0 Å². The lowest BCUT2D eigenvalue weighted by atomic mass is 10.2. The van der Waals surface area contributed by atoms with Crippen LogP contribution in [0, 0.1) is 10.1 Å². The topological polar surface area (TPSA) is 76.3 Å². The van der Waals surface area contributed by atoms with Gasteiger partial charge >= 0.3 is 5.69 Å². The lowest BCUT2D eigenvalue weighted by Gasteiger charge is -1.98. The van der Waals surface area contributed by atoms with Crippen molar-refractivity contribution in [3.8, 4) is 5.75 Å². The van der Waals surface area contributed by atoms with Gasteiger partial charge in [0.1, 0.15) is 0 Å². The maximum Gasteiger partial charge on any atom is 0.312 e. The summed E-state index contributed by atoms with van der Waals surface area (Å²) in [5.41, 5.74) is 0.174. The van der Waals surface area contributed by atoms with Gasteiger partial charge < -0.3 is 5.11 Å². The van der Waals surface area contributed by atoms with Gasteiger partial charge in [0.2, 0.25) is 0 Å². The van der Waals surface area contributed by atoms with Gasteiger partial charge in [-0.05, 0) is 12.1 Å². The van der Waals surface area contributed by atoms with Gasteiger partial charge in [0, 0.05) is 17.6 Å². The van der Waals surface area contributed by atoms with E-state index in [0.717, 1.165) is 0 Å². The van der Waals surface area contributed by atoms with Crippen molar-refractivity contribution in [3.63, 3.8) is 0 Å². The summed E-state index contributed by atoms with van der Waals surface area (Å²) >= 11 is 0. The van der Waals surface area contributed by atoms with E-state index in [-0.39, 0.29) is 11.4 Å². The van der Waals surface area contributed by atoms with Crippen LogP contribution in [0.4, 0.5) is 5.69 Å². The zero-order valence-electron chi connectivity index (χ0n) is 7.04. The molecule has 0 saturated heterocycles. The molecule has 0 aliphatic rings. The Kier molecular flexibility index (Phi) is 1.78. The predicted molar refractivity (Wildman–Crippen MR) is 50.1 cm³/mol. The Morgan fingerprint density at radius 3 is 2.93 bits per heavy atom. The van der Waals surface area contributed by atoms with Crippen LogP contribution in [0.25, 0.3) is 10.9 Å². The van der Waals surface area contributed by atoms with E-state index in [1.807, 2.05) is 0 Å². The van der Waals surface area contributed by atoms with E-state index in [2.05, 4.69) is 4.98 Å². The van der Waals surface area contributed by atoms with E-state index >= 15 is 0 Å². The molecular weight excluding hydrogens is 184 g/mol. The smallest absolute Gasteiger partial charge is 0.312 e. The van der Waals surface area contributed by atoms with Crippen molar-refractivity contribution >= 4 is 16.6 Å². The molecule has 2 aromatic rings. The normalized spacial score (nSPS) is 10.3. The fraction of sp³-hybridized carbons (Fsp3) is 0. The van der Waals surface area contributed by atoms with Crippen molar-refractivity contribution in [3.05, 3.63) is 40.6 Å². The van der Waals surface area contributed by atoms with Crippen molar-refractivity contribution in [2.24, 2.45) is 0 Å². The third-order valence-electron chi connectivity index (χ3n) is 1.90. The SMILES string of the molecule is O=[N+]([O-])c1cc2ncccc2cc1O. The van der Waals surface area contributed by atoms with Crippen LogP contribution in [0.1, 0.15) is 0 Å². The molecule has 0 fully saturated rings. The first kappa shape index (κ1) is 8.43. The highest BCUT2D eigenvalue weighted by Gasteiger charge is 2.13. The summed E-state index contributed by atoms with van der Waals surface area (Å²) in [7, 11) is 0. The number of nitrogens with zero attached hydrogens (tertiary/aromatic N) is 2. The zero-order chi connectivity index (χ0) is 10.1. The molecule has 0 aliphatic heterocycles. The van der Waals surface area contributed by atoms with Crippen molar-refractivity contribution < 1.29 is 10.0 Å². The lowest BCUT2D eigenvalue weighted by molar-refractivity contribution is -0.385. The molecule has 5 heteroatoms. The summed E-state index contributed by atoms with van der Waals surface area (Å²) < 4.78 is 0. The van der Waals surface area contributed by atoms with Gasteiger partial charge in [-0.3, -0.25) is 15.1 Å². The van der Waals surface area contributed by atoms with Crippen LogP contribution in [0.2, 0.25) is 0 Å². The highest BCUT2D eigenvalue weighted by Crippen LogP contribution is 2.29. The highest BCUT2D eigenvalue weighted by atomic mass is 16.6. The van der Waals surface area contributed by atoms with E-state index in [1.54, 1.807) is 18.3 Å². The fourth-order valence-electron chi connectivity index (χ4n) is 1.24. The quantitative estimate of drug-likeness (QED) is 0.549. The van der Waals surface area contributed by atoms with Gasteiger partial charge in [-0.2, -0.15) is 0 Å². The second kappa shape index (κ2) is 2.95. The molecule has 1 aromatic heterocycles. The van der Waals surface area contributed by atoms with Crippen molar-refractivity contribution in [1.29, 1.82) is 0 Å². The number of benzene rings is 1. The van der Waals surface area contributed by atoms with E-state index in [4.69, 9.17) is 0 Å². The number of fused-ring (bicyclic) bond motifs is 1. The van der Waals surface area contributed by atoms with Crippen molar-refractivity contribution in [2.45, 2.75) is 0 Å². The van der Waals surface area contributed by atoms with E-state index < -0.39 is 4.92 Å². The number of phenols is 1. The average Bonchev–Trinajstić information content (AvgIpc) is 2.16. The number of hydrogen-bond donors (Lipinski definition) is 1. The lowest BCUT2D eigenvalue weighted by Crippen LogP contribution is -1.89. The molecule has 0 bridgehead atoms. The monoisotopic (exact) mass is 190 g/mol. The minimum Gasteiger partial charge on any atom is -0.502 e. The Labute approximate surface area is 78.8 Å². The molecule has 0 amide bonds. The minimum absolute atomic E-state index is 0.323. The standard InChI is InChI=1S/C9H6N2O3/c12-9-4-6-2-1-3-10-7(6)5-8(9)11(13)14/h1-5,12H. The molecule has 1 aromatic carbocycles. The summed E-state index contributed by atoms with van der Waals surface area (Å²) in [4.78, 5) is 13.8. The fourth-order valence-corrected chi connectivity index (χ4v) is 1.24. The molecule has 0 radical (unpaired) electrons. The highest BCUT2D eigenvalue weighted by molar-refractivity contribution is 5.83. The van der Waals surface area contributed by atoms with Gasteiger partial charge in [0.25, 0.3) is 0 Å². The minimum atomic E-state index is -0.635. The average molecular weight is 190 g/mol. The van der Waals surface area contributed by atoms with Gasteiger partial charge in [0.05, 0.1) is 10.4 Å². The van der Waals surface area contributed by atoms with E-state index in [9.17, 15) is 15.2 Å². The Bertz CT molecular complexity index is 510. The summed E-state index contributed by atoms with van der Waals surface area (Å²) in [6, 6.07) is 6.02. The van der Waals surface area contributed by atoms with Crippen LogP contribution < -0.4 is 0 Å². The summed E-state index contributed by atoms with van der Waals surface area (Å²) in [6.45, 7) is 0. The molecular formula is C9H6N2O3. The molecule has 1 N–H and O–H groups in total. The Balaban J connectivity index is 2.77. The van der Waals surface area contributed by atoms with Crippen molar-refractivity contribution in [2.75, 3.05) is 0 Å². The first-order valence-electron chi connectivity index (χ1n) is 3.90. The summed E-state index contributed by atoms with van der Waals surface area (Å²) in [5, 5.41) is 20.5. The van der Waals surface area contributed by atoms with Crippen LogP contribution in [-0.4, -0.2) is 15.0 Å². The number of nitro groups is 1. The summed E-state index contributed by atoms with van der Waals surface area (Å²) in [6.07, 6.45) is 1.54. The molecule has 0 saturated carbocycles. The zero-order valence-corrected chi connectivity index (χ0v) is 7.04. The Hall–Kier alpha value is -2.17. The van der Waals surface area contributed by atoms with Crippen LogP contribution in [0.5, 0.6) is 5.75 Å². The molecule has 0 unspecified atom stereocenters. The number of aromatic nitrogens is 1. The number of rotatable bonds is 1. The molecule has 14 heavy (non-hydrogen) atoms. The Morgan fingerprint density at radius 1 is 1.43 bits per heavy atom. The second-order valence-electron chi connectivity index (χ2n) is 2.79.